The highest BCUT2D eigenvalue weighted by atomic mass is 32.2. The number of hydrogen-bond acceptors (Lipinski definition) is 7. The van der Waals surface area contributed by atoms with Crippen molar-refractivity contribution in [3.05, 3.63) is 119 Å². The van der Waals surface area contributed by atoms with E-state index in [9.17, 15) is 18.0 Å². The van der Waals surface area contributed by atoms with Crippen molar-refractivity contribution in [2.24, 2.45) is 0 Å². The number of fused-ring (bicyclic) bond motifs is 3. The minimum Gasteiger partial charge on any atom is -0.462 e. The van der Waals surface area contributed by atoms with Gasteiger partial charge in [-0.15, -0.1) is 0 Å². The van der Waals surface area contributed by atoms with Crippen LogP contribution < -0.4 is 9.50 Å². The van der Waals surface area contributed by atoms with Gasteiger partial charge in [-0.25, -0.2) is 4.79 Å². The third-order valence-electron chi connectivity index (χ3n) is 7.23. The first-order valence-corrected chi connectivity index (χ1v) is 15.4. The molecule has 1 amide bonds. The summed E-state index contributed by atoms with van der Waals surface area (Å²) >= 11 is 0. The van der Waals surface area contributed by atoms with Crippen molar-refractivity contribution in [3.8, 4) is 16.9 Å². The van der Waals surface area contributed by atoms with Gasteiger partial charge in [0.2, 0.25) is 0 Å². The summed E-state index contributed by atoms with van der Waals surface area (Å²) in [6.07, 6.45) is -1.03. The molecule has 0 saturated carbocycles. The molecule has 1 unspecified atom stereocenters. The third-order valence-corrected chi connectivity index (χ3v) is 8.49. The van der Waals surface area contributed by atoms with Crippen LogP contribution in [0.3, 0.4) is 0 Å². The van der Waals surface area contributed by atoms with E-state index in [1.807, 2.05) is 43.3 Å². The first-order chi connectivity index (χ1) is 20.6. The van der Waals surface area contributed by atoms with Crippen molar-refractivity contribution in [3.63, 3.8) is 0 Å². The van der Waals surface area contributed by atoms with E-state index < -0.39 is 28.1 Å². The van der Waals surface area contributed by atoms with Gasteiger partial charge < -0.3 is 19.0 Å². The molecule has 4 aromatic rings. The normalized spacial score (nSPS) is 13.1. The molecule has 0 radical (unpaired) electrons. The van der Waals surface area contributed by atoms with Gasteiger partial charge in [-0.1, -0.05) is 78.4 Å². The summed E-state index contributed by atoms with van der Waals surface area (Å²) in [5.74, 6) is -1.39. The fraction of sp³-hybridized carbons (Fsp3) is 0.235. The molecule has 0 fully saturated rings. The van der Waals surface area contributed by atoms with Crippen LogP contribution in [-0.4, -0.2) is 39.7 Å². The average molecular weight is 600 g/mol. The highest BCUT2D eigenvalue weighted by Gasteiger charge is 2.30. The van der Waals surface area contributed by atoms with Gasteiger partial charge in [0.15, 0.2) is 0 Å². The van der Waals surface area contributed by atoms with E-state index in [0.29, 0.717) is 5.56 Å². The third kappa shape index (κ3) is 6.89. The molecule has 4 aromatic carbocycles. The predicted octanol–water partition coefficient (Wildman–Crippen LogP) is 6.34. The minimum atomic E-state index is -4.03. The quantitative estimate of drug-likeness (QED) is 0.167. The molecule has 1 atom stereocenters. The maximum Gasteiger partial charge on any atom is 0.407 e. The Morgan fingerprint density at radius 3 is 1.98 bits per heavy atom. The zero-order valence-electron chi connectivity index (χ0n) is 24.1. The minimum absolute atomic E-state index is 0.0351. The molecule has 0 bridgehead atoms. The van der Waals surface area contributed by atoms with Gasteiger partial charge in [0.1, 0.15) is 17.3 Å². The summed E-state index contributed by atoms with van der Waals surface area (Å²) in [5.41, 5.74) is 5.90. The van der Waals surface area contributed by atoms with E-state index in [1.54, 1.807) is 38.1 Å². The number of ether oxygens (including phenoxy) is 2. The van der Waals surface area contributed by atoms with Gasteiger partial charge in [0.05, 0.1) is 12.0 Å². The molecule has 5 rings (SSSR count). The number of carbonyl (C=O) groups is 2. The number of rotatable bonds is 10. The molecule has 1 aliphatic carbocycles. The van der Waals surface area contributed by atoms with Gasteiger partial charge in [0, 0.05) is 12.5 Å². The topological polar surface area (TPSA) is 108 Å². The Hall–Kier alpha value is -4.63. The van der Waals surface area contributed by atoms with Crippen LogP contribution in [0.2, 0.25) is 0 Å². The zero-order chi connectivity index (χ0) is 30.6. The number of benzene rings is 4. The lowest BCUT2D eigenvalue weighted by Gasteiger charge is -2.20. The van der Waals surface area contributed by atoms with Crippen LogP contribution in [0.1, 0.15) is 47.9 Å². The van der Waals surface area contributed by atoms with E-state index in [0.717, 1.165) is 27.8 Å². The summed E-state index contributed by atoms with van der Waals surface area (Å²) in [6, 6.07) is 28.5. The first-order valence-electron chi connectivity index (χ1n) is 14.0. The van der Waals surface area contributed by atoms with Crippen LogP contribution in [0.25, 0.3) is 11.1 Å². The van der Waals surface area contributed by atoms with Crippen LogP contribution in [0.15, 0.2) is 102 Å². The molecule has 0 aromatic heterocycles. The predicted molar refractivity (Wildman–Crippen MR) is 162 cm³/mol. The first kappa shape index (κ1) is 29.8. The fourth-order valence-corrected chi connectivity index (χ4v) is 6.05. The SMILES string of the molecule is Cc1ccc(S(=O)(=O)Oc2ccc(C(CNC(=O)OCC3c4ccccc4-c4ccccc43)C(=O)OC(C)C)cc2)cc1. The molecule has 9 heteroatoms. The fourth-order valence-electron chi connectivity index (χ4n) is 5.12. The molecular formula is C34H33NO7S. The summed E-state index contributed by atoms with van der Waals surface area (Å²) < 4.78 is 41.7. The smallest absolute Gasteiger partial charge is 0.407 e. The van der Waals surface area contributed by atoms with E-state index in [-0.39, 0.29) is 35.8 Å². The number of carbonyl (C=O) groups excluding carboxylic acids is 2. The molecule has 43 heavy (non-hydrogen) atoms. The van der Waals surface area contributed by atoms with Crippen molar-refractivity contribution in [1.29, 1.82) is 0 Å². The maximum atomic E-state index is 13.0. The Balaban J connectivity index is 1.24. The zero-order valence-corrected chi connectivity index (χ0v) is 25.0. The van der Waals surface area contributed by atoms with E-state index in [1.165, 1.54) is 24.3 Å². The largest absolute Gasteiger partial charge is 0.462 e. The molecule has 8 nitrogen and oxygen atoms in total. The molecule has 1 N–H and O–H groups in total. The number of esters is 1. The summed E-state index contributed by atoms with van der Waals surface area (Å²) in [5, 5.41) is 2.70. The summed E-state index contributed by atoms with van der Waals surface area (Å²) in [6.45, 7) is 5.40. The average Bonchev–Trinajstić information content (AvgIpc) is 3.30. The highest BCUT2D eigenvalue weighted by Crippen LogP contribution is 2.44. The van der Waals surface area contributed by atoms with E-state index >= 15 is 0 Å². The van der Waals surface area contributed by atoms with Crippen molar-refractivity contribution in [1.82, 2.24) is 5.32 Å². The van der Waals surface area contributed by atoms with E-state index in [4.69, 9.17) is 13.7 Å². The summed E-state index contributed by atoms with van der Waals surface area (Å²) in [4.78, 5) is 25.8. The molecule has 0 heterocycles. The lowest BCUT2D eigenvalue weighted by Crippen LogP contribution is -2.34. The number of aryl methyl sites for hydroxylation is 1. The maximum absolute atomic E-state index is 13.0. The van der Waals surface area contributed by atoms with E-state index in [2.05, 4.69) is 17.4 Å². The molecule has 0 saturated heterocycles. The monoisotopic (exact) mass is 599 g/mol. The van der Waals surface area contributed by atoms with Gasteiger partial charge in [-0.05, 0) is 72.9 Å². The lowest BCUT2D eigenvalue weighted by atomic mass is 9.98. The van der Waals surface area contributed by atoms with Gasteiger partial charge in [0.25, 0.3) is 0 Å². The second-order valence-corrected chi connectivity index (χ2v) is 12.2. The van der Waals surface area contributed by atoms with Gasteiger partial charge in [-0.3, -0.25) is 4.79 Å². The number of hydrogen-bond donors (Lipinski definition) is 1. The van der Waals surface area contributed by atoms with Gasteiger partial charge >= 0.3 is 22.2 Å². The second-order valence-electron chi connectivity index (χ2n) is 10.7. The lowest BCUT2D eigenvalue weighted by molar-refractivity contribution is -0.149. The van der Waals surface area contributed by atoms with Crippen LogP contribution in [0.5, 0.6) is 5.75 Å². The Morgan fingerprint density at radius 1 is 0.814 bits per heavy atom. The van der Waals surface area contributed by atoms with Crippen molar-refractivity contribution in [2.75, 3.05) is 13.2 Å². The number of nitrogens with one attached hydrogen (secondary N) is 1. The number of amides is 1. The Kier molecular flexibility index (Phi) is 8.82. The van der Waals surface area contributed by atoms with Crippen LogP contribution in [0, 0.1) is 6.92 Å². The highest BCUT2D eigenvalue weighted by molar-refractivity contribution is 7.87. The molecular weight excluding hydrogens is 566 g/mol. The molecule has 0 spiro atoms. The van der Waals surface area contributed by atoms with Crippen LogP contribution in [0.4, 0.5) is 4.79 Å². The Morgan fingerprint density at radius 2 is 1.40 bits per heavy atom. The summed E-state index contributed by atoms with van der Waals surface area (Å²) in [7, 11) is -4.03. The van der Waals surface area contributed by atoms with Crippen molar-refractivity contribution in [2.45, 2.75) is 43.6 Å². The standard InChI is InChI=1S/C34H33NO7S/c1-22(2)41-33(36)31(24-14-16-25(17-15-24)42-43(38,39)26-18-12-23(3)13-19-26)20-35-34(37)40-21-32-29-10-6-4-8-27(29)28-9-5-7-11-30(28)32/h4-19,22,31-32H,20-21H2,1-3H3,(H,35,37). The molecule has 222 valence electrons. The van der Waals surface area contributed by atoms with Crippen molar-refractivity contribution >= 4 is 22.2 Å². The number of alkyl carbamates (subject to hydrolysis) is 1. The Labute approximate surface area is 251 Å². The second kappa shape index (κ2) is 12.7. The molecule has 0 aliphatic heterocycles. The van der Waals surface area contributed by atoms with Crippen molar-refractivity contribution < 1.29 is 31.7 Å². The Bertz CT molecular complexity index is 1670. The molecule has 1 aliphatic rings. The van der Waals surface area contributed by atoms with Gasteiger partial charge in [-0.2, -0.15) is 8.42 Å². The van der Waals surface area contributed by atoms with Crippen LogP contribution in [-0.2, 0) is 24.4 Å². The van der Waals surface area contributed by atoms with Crippen LogP contribution >= 0.6 is 0 Å².